The molecule has 1 fully saturated rings. The van der Waals surface area contributed by atoms with E-state index in [4.69, 9.17) is 4.74 Å². The summed E-state index contributed by atoms with van der Waals surface area (Å²) < 4.78 is 4.69. The van der Waals surface area contributed by atoms with Crippen molar-refractivity contribution in [1.82, 2.24) is 0 Å². The molecule has 0 spiro atoms. The molecule has 0 amide bonds. The molecule has 0 bridgehead atoms. The van der Waals surface area contributed by atoms with Gasteiger partial charge >= 0.3 is 5.97 Å². The lowest BCUT2D eigenvalue weighted by Crippen LogP contribution is -2.03. The van der Waals surface area contributed by atoms with Crippen LogP contribution in [0, 0.1) is 0 Å². The summed E-state index contributed by atoms with van der Waals surface area (Å²) >= 11 is 2.06. The highest BCUT2D eigenvalue weighted by atomic mass is 32.2. The van der Waals surface area contributed by atoms with Crippen LogP contribution in [0.4, 0.5) is 0 Å². The lowest BCUT2D eigenvalue weighted by molar-refractivity contribution is -0.140. The van der Waals surface area contributed by atoms with Gasteiger partial charge in [-0.25, -0.2) is 0 Å². The zero-order chi connectivity index (χ0) is 16.8. The van der Waals surface area contributed by atoms with E-state index >= 15 is 0 Å². The molecule has 0 saturated carbocycles. The summed E-state index contributed by atoms with van der Waals surface area (Å²) in [5.74, 6) is -0.0541. The second-order valence-corrected chi connectivity index (χ2v) is 8.49. The molecule has 2 nitrogen and oxygen atoms in total. The molecule has 1 aliphatic rings. The van der Waals surface area contributed by atoms with Crippen molar-refractivity contribution in [3.63, 3.8) is 0 Å². The van der Waals surface area contributed by atoms with Crippen LogP contribution in [-0.2, 0) is 9.53 Å². The first kappa shape index (κ1) is 20.9. The summed E-state index contributed by atoms with van der Waals surface area (Å²) in [4.78, 5) is 11.1. The third-order valence-corrected chi connectivity index (χ3v) is 6.40. The Bertz CT molecular complexity index is 293. The van der Waals surface area contributed by atoms with Crippen LogP contribution in [0.25, 0.3) is 0 Å². The van der Waals surface area contributed by atoms with E-state index in [1.165, 1.54) is 90.6 Å². The predicted molar refractivity (Wildman–Crippen MR) is 102 cm³/mol. The third-order valence-electron chi connectivity index (χ3n) is 4.89. The first-order chi connectivity index (χ1) is 11.3. The number of unbranched alkanes of at least 4 members (excludes halogenated alkanes) is 11. The molecule has 3 heteroatoms. The highest BCUT2D eigenvalue weighted by molar-refractivity contribution is 8.07. The summed E-state index contributed by atoms with van der Waals surface area (Å²) in [6, 6.07) is 0. The van der Waals surface area contributed by atoms with Gasteiger partial charge in [0.1, 0.15) is 0 Å². The number of methoxy groups -OCH3 is 1. The number of carbonyl (C=O) groups is 1. The number of carbonyl (C=O) groups excluding carboxylic acids is 1. The number of rotatable bonds is 16. The van der Waals surface area contributed by atoms with Gasteiger partial charge in [0, 0.05) is 16.9 Å². The van der Waals surface area contributed by atoms with E-state index in [9.17, 15) is 4.79 Å². The van der Waals surface area contributed by atoms with Crippen molar-refractivity contribution < 1.29 is 9.53 Å². The van der Waals surface area contributed by atoms with E-state index in [1.807, 2.05) is 0 Å². The Kier molecular flexibility index (Phi) is 12.9. The van der Waals surface area contributed by atoms with Crippen LogP contribution >= 0.6 is 11.8 Å². The molecular weight excluding hydrogens is 304 g/mol. The Morgan fingerprint density at radius 1 is 0.783 bits per heavy atom. The number of hydrogen-bond acceptors (Lipinski definition) is 3. The molecule has 1 aliphatic heterocycles. The van der Waals surface area contributed by atoms with Crippen LogP contribution in [-0.4, -0.2) is 23.6 Å². The standard InChI is InChI=1S/C20H38O2S/c1-3-4-5-6-7-8-9-10-11-12-13-14-15-18-19(23-18)16-17-20(21)22-2/h18-19H,3-17H2,1-2H3. The molecule has 2 atom stereocenters. The Morgan fingerprint density at radius 3 is 1.78 bits per heavy atom. The fourth-order valence-corrected chi connectivity index (χ4v) is 4.42. The maximum atomic E-state index is 11.1. The van der Waals surface area contributed by atoms with Crippen LogP contribution in [0.15, 0.2) is 0 Å². The number of esters is 1. The second kappa shape index (κ2) is 14.2. The van der Waals surface area contributed by atoms with E-state index in [0.29, 0.717) is 6.42 Å². The van der Waals surface area contributed by atoms with Crippen LogP contribution in [0.1, 0.15) is 103 Å². The minimum absolute atomic E-state index is 0.0541. The molecule has 0 aromatic heterocycles. The molecule has 2 unspecified atom stereocenters. The third kappa shape index (κ3) is 11.9. The van der Waals surface area contributed by atoms with E-state index in [1.54, 1.807) is 0 Å². The van der Waals surface area contributed by atoms with Gasteiger partial charge in [-0.1, -0.05) is 84.0 Å². The minimum atomic E-state index is -0.0541. The molecule has 0 aliphatic carbocycles. The first-order valence-corrected chi connectivity index (χ1v) is 10.9. The van der Waals surface area contributed by atoms with Gasteiger partial charge in [0.2, 0.25) is 0 Å². The van der Waals surface area contributed by atoms with Crippen LogP contribution < -0.4 is 0 Å². The van der Waals surface area contributed by atoms with E-state index in [0.717, 1.165) is 16.9 Å². The Labute approximate surface area is 148 Å². The van der Waals surface area contributed by atoms with E-state index in [2.05, 4.69) is 18.7 Å². The van der Waals surface area contributed by atoms with Gasteiger partial charge < -0.3 is 4.74 Å². The average molecular weight is 343 g/mol. The van der Waals surface area contributed by atoms with Gasteiger partial charge in [-0.2, -0.15) is 11.8 Å². The highest BCUT2D eigenvalue weighted by Crippen LogP contribution is 2.47. The van der Waals surface area contributed by atoms with Crippen molar-refractivity contribution in [2.75, 3.05) is 7.11 Å². The second-order valence-electron chi connectivity index (χ2n) is 7.01. The van der Waals surface area contributed by atoms with Crippen LogP contribution in [0.3, 0.4) is 0 Å². The summed E-state index contributed by atoms with van der Waals surface area (Å²) in [7, 11) is 1.48. The molecule has 0 radical (unpaired) electrons. The molecule has 0 aromatic carbocycles. The van der Waals surface area contributed by atoms with E-state index in [-0.39, 0.29) is 5.97 Å². The smallest absolute Gasteiger partial charge is 0.305 e. The molecule has 1 rings (SSSR count). The zero-order valence-electron chi connectivity index (χ0n) is 15.5. The Balaban J connectivity index is 1.73. The zero-order valence-corrected chi connectivity index (χ0v) is 16.3. The van der Waals surface area contributed by atoms with Gasteiger partial charge in [-0.05, 0) is 12.8 Å². The van der Waals surface area contributed by atoms with Crippen molar-refractivity contribution in [1.29, 1.82) is 0 Å². The molecular formula is C20H38O2S. The fraction of sp³-hybridized carbons (Fsp3) is 0.950. The summed E-state index contributed by atoms with van der Waals surface area (Å²) in [5.41, 5.74) is 0. The quantitative estimate of drug-likeness (QED) is 0.181. The topological polar surface area (TPSA) is 26.3 Å². The van der Waals surface area contributed by atoms with Crippen molar-refractivity contribution in [3.05, 3.63) is 0 Å². The molecule has 0 N–H and O–H groups in total. The number of hydrogen-bond donors (Lipinski definition) is 0. The molecule has 0 aromatic rings. The Hall–Kier alpha value is -0.180. The number of thioether (sulfide) groups is 1. The van der Waals surface area contributed by atoms with Gasteiger partial charge in [0.25, 0.3) is 0 Å². The molecule has 23 heavy (non-hydrogen) atoms. The SMILES string of the molecule is CCCCCCCCCCCCCCC1SC1CCC(=O)OC. The summed E-state index contributed by atoms with van der Waals surface area (Å²) in [6.07, 6.45) is 20.0. The lowest BCUT2D eigenvalue weighted by Gasteiger charge is -2.03. The van der Waals surface area contributed by atoms with Crippen molar-refractivity contribution in [3.8, 4) is 0 Å². The summed E-state index contributed by atoms with van der Waals surface area (Å²) in [6.45, 7) is 2.28. The van der Waals surface area contributed by atoms with Crippen LogP contribution in [0.5, 0.6) is 0 Å². The van der Waals surface area contributed by atoms with Crippen molar-refractivity contribution in [2.45, 2.75) is 114 Å². The number of ether oxygens (including phenoxy) is 1. The maximum absolute atomic E-state index is 11.1. The van der Waals surface area contributed by atoms with Crippen LogP contribution in [0.2, 0.25) is 0 Å². The van der Waals surface area contributed by atoms with Gasteiger partial charge in [-0.3, -0.25) is 4.79 Å². The monoisotopic (exact) mass is 342 g/mol. The molecule has 136 valence electrons. The first-order valence-electron chi connectivity index (χ1n) is 10.00. The van der Waals surface area contributed by atoms with Gasteiger partial charge in [0.15, 0.2) is 0 Å². The maximum Gasteiger partial charge on any atom is 0.305 e. The highest BCUT2D eigenvalue weighted by Gasteiger charge is 2.37. The minimum Gasteiger partial charge on any atom is -0.469 e. The van der Waals surface area contributed by atoms with Crippen molar-refractivity contribution in [2.24, 2.45) is 0 Å². The van der Waals surface area contributed by atoms with Gasteiger partial charge in [-0.15, -0.1) is 0 Å². The molecule has 1 saturated heterocycles. The largest absolute Gasteiger partial charge is 0.469 e. The van der Waals surface area contributed by atoms with Gasteiger partial charge in [0.05, 0.1) is 7.11 Å². The van der Waals surface area contributed by atoms with E-state index < -0.39 is 0 Å². The van der Waals surface area contributed by atoms with Crippen molar-refractivity contribution >= 4 is 17.7 Å². The lowest BCUT2D eigenvalue weighted by atomic mass is 10.0. The average Bonchev–Trinajstić information content (AvgIpc) is 3.32. The fourth-order valence-electron chi connectivity index (χ4n) is 3.24. The molecule has 1 heterocycles. The normalized spacial score (nSPS) is 19.7. The Morgan fingerprint density at radius 2 is 1.26 bits per heavy atom. The predicted octanol–water partition coefficient (Wildman–Crippen LogP) is 6.51. The summed E-state index contributed by atoms with van der Waals surface area (Å²) in [5, 5.41) is 1.57.